The number of pyridine rings is 1. The second kappa shape index (κ2) is 7.34. The van der Waals surface area contributed by atoms with Crippen LogP contribution in [0.25, 0.3) is 27.8 Å². The lowest BCUT2D eigenvalue weighted by Gasteiger charge is -2.39. The lowest BCUT2D eigenvalue weighted by Crippen LogP contribution is -2.45. The van der Waals surface area contributed by atoms with Gasteiger partial charge in [0.05, 0.1) is 17.2 Å². The predicted molar refractivity (Wildman–Crippen MR) is 117 cm³/mol. The van der Waals surface area contributed by atoms with Crippen molar-refractivity contribution in [3.05, 3.63) is 53.6 Å². The molecule has 0 radical (unpaired) electrons. The maximum atomic E-state index is 14.8. The summed E-state index contributed by atoms with van der Waals surface area (Å²) >= 11 is 0. The Hall–Kier alpha value is -3.33. The van der Waals surface area contributed by atoms with E-state index in [9.17, 15) is 18.7 Å². The SMILES string of the molecule is O=C(O)[C@]1(F)C[C@@H](c2c(C3CCOCC3)n(-c3ccc(F)cc3)c3cc4cn[nH]c4nc32)C1. The molecule has 1 saturated heterocycles. The molecule has 0 atom stereocenters. The third-order valence-electron chi connectivity index (χ3n) is 7.04. The fourth-order valence-electron chi connectivity index (χ4n) is 5.35. The van der Waals surface area contributed by atoms with Crippen LogP contribution < -0.4 is 0 Å². The molecule has 33 heavy (non-hydrogen) atoms. The molecule has 0 unspecified atom stereocenters. The molecule has 170 valence electrons. The molecule has 1 aliphatic carbocycles. The van der Waals surface area contributed by atoms with Gasteiger partial charge in [-0.3, -0.25) is 5.10 Å². The zero-order valence-corrected chi connectivity index (χ0v) is 17.7. The minimum Gasteiger partial charge on any atom is -0.479 e. The van der Waals surface area contributed by atoms with Crippen molar-refractivity contribution in [2.45, 2.75) is 43.2 Å². The molecule has 9 heteroatoms. The Bertz CT molecular complexity index is 1370. The van der Waals surface area contributed by atoms with Crippen LogP contribution in [-0.2, 0) is 9.53 Å². The number of carboxylic acids is 1. The summed E-state index contributed by atoms with van der Waals surface area (Å²) in [4.78, 5) is 16.3. The van der Waals surface area contributed by atoms with Crippen molar-refractivity contribution in [3.63, 3.8) is 0 Å². The molecule has 1 aromatic carbocycles. The summed E-state index contributed by atoms with van der Waals surface area (Å²) in [6.07, 6.45) is 3.08. The van der Waals surface area contributed by atoms with Gasteiger partial charge >= 0.3 is 5.97 Å². The van der Waals surface area contributed by atoms with Crippen LogP contribution >= 0.6 is 0 Å². The summed E-state index contributed by atoms with van der Waals surface area (Å²) in [5.74, 6) is -1.90. The molecule has 2 N–H and O–H groups in total. The number of benzene rings is 1. The van der Waals surface area contributed by atoms with Gasteiger partial charge in [-0.1, -0.05) is 0 Å². The van der Waals surface area contributed by atoms with Gasteiger partial charge in [-0.05, 0) is 61.9 Å². The van der Waals surface area contributed by atoms with Crippen molar-refractivity contribution in [1.82, 2.24) is 19.7 Å². The normalized spacial score (nSPS) is 23.8. The zero-order valence-electron chi connectivity index (χ0n) is 17.7. The molecular formula is C24H22F2N4O3. The van der Waals surface area contributed by atoms with E-state index < -0.39 is 11.6 Å². The van der Waals surface area contributed by atoms with Crippen molar-refractivity contribution >= 4 is 28.0 Å². The monoisotopic (exact) mass is 452 g/mol. The summed E-state index contributed by atoms with van der Waals surface area (Å²) in [6.45, 7) is 1.22. The highest BCUT2D eigenvalue weighted by molar-refractivity contribution is 5.94. The molecule has 1 aliphatic heterocycles. The molecular weight excluding hydrogens is 430 g/mol. The Kier molecular flexibility index (Phi) is 4.52. The molecule has 3 aromatic heterocycles. The number of H-pyrrole nitrogens is 1. The van der Waals surface area contributed by atoms with Gasteiger partial charge in [-0.15, -0.1) is 0 Å². The van der Waals surface area contributed by atoms with Gasteiger partial charge in [0.15, 0.2) is 5.65 Å². The van der Waals surface area contributed by atoms with E-state index in [0.717, 1.165) is 40.7 Å². The Balaban J connectivity index is 1.64. The summed E-state index contributed by atoms with van der Waals surface area (Å²) in [7, 11) is 0. The summed E-state index contributed by atoms with van der Waals surface area (Å²) < 4.78 is 36.2. The topological polar surface area (TPSA) is 93.0 Å². The predicted octanol–water partition coefficient (Wildman–Crippen LogP) is 4.61. The van der Waals surface area contributed by atoms with Gasteiger partial charge in [0, 0.05) is 41.5 Å². The first-order chi connectivity index (χ1) is 15.9. The van der Waals surface area contributed by atoms with Crippen molar-refractivity contribution in [2.75, 3.05) is 13.2 Å². The number of halogens is 2. The standard InChI is InChI=1S/C24H22F2N4O3/c25-16-1-3-17(4-2-16)30-18-9-14-12-27-29-22(14)28-20(18)19(15-10-24(26,11-15)23(31)32)21(30)13-5-7-33-8-6-13/h1-4,9,12-13,15H,5-8,10-11H2,(H,31,32)(H,27,28,29)/t15-,24+. The Morgan fingerprint density at radius 1 is 1.18 bits per heavy atom. The number of rotatable bonds is 4. The van der Waals surface area contributed by atoms with E-state index in [-0.39, 0.29) is 30.5 Å². The van der Waals surface area contributed by atoms with E-state index in [4.69, 9.17) is 9.72 Å². The number of nitrogens with zero attached hydrogens (tertiary/aromatic N) is 3. The lowest BCUT2D eigenvalue weighted by molar-refractivity contribution is -0.158. The van der Waals surface area contributed by atoms with Gasteiger partial charge in [0.1, 0.15) is 5.82 Å². The van der Waals surface area contributed by atoms with Crippen LogP contribution in [0.2, 0.25) is 0 Å². The molecule has 4 heterocycles. The smallest absolute Gasteiger partial charge is 0.341 e. The molecule has 7 nitrogen and oxygen atoms in total. The number of hydrogen-bond donors (Lipinski definition) is 2. The number of aromatic nitrogens is 4. The van der Waals surface area contributed by atoms with Crippen LogP contribution in [0.5, 0.6) is 0 Å². The maximum absolute atomic E-state index is 14.8. The third-order valence-corrected chi connectivity index (χ3v) is 7.04. The Labute approximate surface area is 187 Å². The molecule has 0 amide bonds. The highest BCUT2D eigenvalue weighted by Crippen LogP contribution is 2.53. The van der Waals surface area contributed by atoms with Crippen LogP contribution in [0, 0.1) is 5.82 Å². The fraction of sp³-hybridized carbons (Fsp3) is 0.375. The average molecular weight is 452 g/mol. The summed E-state index contributed by atoms with van der Waals surface area (Å²) in [5.41, 5.74) is 2.57. The zero-order chi connectivity index (χ0) is 22.7. The molecule has 6 rings (SSSR count). The number of hydrogen-bond acceptors (Lipinski definition) is 4. The molecule has 4 aromatic rings. The summed E-state index contributed by atoms with van der Waals surface area (Å²) in [6, 6.07) is 8.25. The third kappa shape index (κ3) is 3.13. The number of ether oxygens (including phenoxy) is 1. The van der Waals surface area contributed by atoms with Gasteiger partial charge < -0.3 is 14.4 Å². The minimum atomic E-state index is -2.22. The highest BCUT2D eigenvalue weighted by Gasteiger charge is 2.53. The molecule has 2 fully saturated rings. The second-order valence-corrected chi connectivity index (χ2v) is 9.04. The van der Waals surface area contributed by atoms with Crippen LogP contribution in [-0.4, -0.2) is 49.7 Å². The van der Waals surface area contributed by atoms with E-state index in [0.29, 0.717) is 24.4 Å². The second-order valence-electron chi connectivity index (χ2n) is 9.04. The Morgan fingerprint density at radius 3 is 2.61 bits per heavy atom. The fourth-order valence-corrected chi connectivity index (χ4v) is 5.35. The van der Waals surface area contributed by atoms with Crippen LogP contribution in [0.15, 0.2) is 36.5 Å². The van der Waals surface area contributed by atoms with Gasteiger partial charge in [-0.2, -0.15) is 5.10 Å². The van der Waals surface area contributed by atoms with E-state index in [1.165, 1.54) is 12.1 Å². The maximum Gasteiger partial charge on any atom is 0.341 e. The molecule has 2 aliphatic rings. The van der Waals surface area contributed by atoms with Gasteiger partial charge in [-0.25, -0.2) is 18.6 Å². The van der Waals surface area contributed by atoms with Crippen molar-refractivity contribution < 1.29 is 23.4 Å². The molecule has 0 bridgehead atoms. The van der Waals surface area contributed by atoms with E-state index >= 15 is 0 Å². The molecule has 0 spiro atoms. The average Bonchev–Trinajstić information content (AvgIpc) is 3.38. The lowest BCUT2D eigenvalue weighted by atomic mass is 9.68. The van der Waals surface area contributed by atoms with Crippen molar-refractivity contribution in [2.24, 2.45) is 0 Å². The van der Waals surface area contributed by atoms with Gasteiger partial charge in [0.25, 0.3) is 0 Å². The highest BCUT2D eigenvalue weighted by atomic mass is 19.1. The number of carbonyl (C=O) groups is 1. The first-order valence-electron chi connectivity index (χ1n) is 11.1. The number of fused-ring (bicyclic) bond motifs is 2. The quantitative estimate of drug-likeness (QED) is 0.472. The first kappa shape index (κ1) is 20.3. The van der Waals surface area contributed by atoms with Crippen LogP contribution in [0.1, 0.15) is 48.8 Å². The van der Waals surface area contributed by atoms with Crippen molar-refractivity contribution in [3.8, 4) is 5.69 Å². The van der Waals surface area contributed by atoms with Gasteiger partial charge in [0.2, 0.25) is 5.67 Å². The van der Waals surface area contributed by atoms with Crippen LogP contribution in [0.3, 0.4) is 0 Å². The Morgan fingerprint density at radius 2 is 1.91 bits per heavy atom. The largest absolute Gasteiger partial charge is 0.479 e. The first-order valence-corrected chi connectivity index (χ1v) is 11.1. The number of carboxylic acid groups (broad SMARTS) is 1. The molecule has 1 saturated carbocycles. The number of aliphatic carboxylic acids is 1. The number of nitrogens with one attached hydrogen (secondary N) is 1. The van der Waals surface area contributed by atoms with E-state index in [1.807, 2.05) is 6.07 Å². The minimum absolute atomic E-state index is 0.0935. The number of aromatic amines is 1. The van der Waals surface area contributed by atoms with E-state index in [2.05, 4.69) is 14.8 Å². The number of alkyl halides is 1. The van der Waals surface area contributed by atoms with Crippen LogP contribution in [0.4, 0.5) is 8.78 Å². The summed E-state index contributed by atoms with van der Waals surface area (Å²) in [5, 5.41) is 17.2. The van der Waals surface area contributed by atoms with Crippen molar-refractivity contribution in [1.29, 1.82) is 0 Å². The van der Waals surface area contributed by atoms with E-state index in [1.54, 1.807) is 18.3 Å².